The molecule has 2 amide bonds. The van der Waals surface area contributed by atoms with Gasteiger partial charge in [-0.2, -0.15) is 0 Å². The summed E-state index contributed by atoms with van der Waals surface area (Å²) in [4.78, 5) is 23.4. The second kappa shape index (κ2) is 6.46. The molecule has 0 bridgehead atoms. The molecule has 0 heterocycles. The van der Waals surface area contributed by atoms with E-state index in [0.717, 1.165) is 25.2 Å². The molecule has 0 saturated heterocycles. The van der Waals surface area contributed by atoms with Crippen molar-refractivity contribution in [3.63, 3.8) is 0 Å². The highest BCUT2D eigenvalue weighted by molar-refractivity contribution is 5.86. The first-order chi connectivity index (χ1) is 9.52. The molecule has 0 aromatic carbocycles. The molecule has 5 nitrogen and oxygen atoms in total. The number of amides is 2. The fourth-order valence-electron chi connectivity index (χ4n) is 2.91. The van der Waals surface area contributed by atoms with Gasteiger partial charge in [-0.3, -0.25) is 0 Å². The largest absolute Gasteiger partial charge is 0.480 e. The Morgan fingerprint density at radius 3 is 2.40 bits per heavy atom. The van der Waals surface area contributed by atoms with Gasteiger partial charge in [0.25, 0.3) is 0 Å². The van der Waals surface area contributed by atoms with Crippen molar-refractivity contribution in [2.45, 2.75) is 63.8 Å². The molecule has 114 valence electrons. The molecule has 0 radical (unpaired) electrons. The quantitative estimate of drug-likeness (QED) is 0.655. The molecule has 0 aromatic rings. The Bertz CT molecular complexity index is 358. The first-order valence-corrected chi connectivity index (χ1v) is 7.81. The van der Waals surface area contributed by atoms with Crippen molar-refractivity contribution in [3.05, 3.63) is 0 Å². The smallest absolute Gasteiger partial charge is 0.329 e. The molecule has 2 fully saturated rings. The summed E-state index contributed by atoms with van der Waals surface area (Å²) in [5.41, 5.74) is -1.06. The third-order valence-corrected chi connectivity index (χ3v) is 4.66. The summed E-state index contributed by atoms with van der Waals surface area (Å²) in [6.07, 6.45) is 7.57. The summed E-state index contributed by atoms with van der Waals surface area (Å²) in [5, 5.41) is 14.9. The Morgan fingerprint density at radius 1 is 1.20 bits per heavy atom. The standard InChI is InChI=1S/C15H26N2O3/c1-11-6-8-15(9-7-11,13(18)19)17-14(20)16-10-2-3-12-4-5-12/h11-12H,2-10H2,1H3,(H,18,19)(H2,16,17,20). The molecule has 20 heavy (non-hydrogen) atoms. The molecule has 5 heteroatoms. The molecule has 0 atom stereocenters. The number of carboxylic acids is 1. The number of hydrogen-bond donors (Lipinski definition) is 3. The summed E-state index contributed by atoms with van der Waals surface area (Å²) in [7, 11) is 0. The number of aliphatic carboxylic acids is 1. The Labute approximate surface area is 120 Å². The topological polar surface area (TPSA) is 78.4 Å². The highest BCUT2D eigenvalue weighted by Crippen LogP contribution is 2.33. The van der Waals surface area contributed by atoms with Crippen LogP contribution in [0.25, 0.3) is 0 Å². The van der Waals surface area contributed by atoms with Gasteiger partial charge in [-0.25, -0.2) is 9.59 Å². The van der Waals surface area contributed by atoms with Crippen LogP contribution in [-0.4, -0.2) is 29.2 Å². The average molecular weight is 282 g/mol. The maximum absolute atomic E-state index is 11.9. The van der Waals surface area contributed by atoms with Crippen LogP contribution >= 0.6 is 0 Å². The van der Waals surface area contributed by atoms with Gasteiger partial charge in [0.2, 0.25) is 0 Å². The maximum atomic E-state index is 11.9. The van der Waals surface area contributed by atoms with Crippen LogP contribution in [0.2, 0.25) is 0 Å². The fourth-order valence-corrected chi connectivity index (χ4v) is 2.91. The van der Waals surface area contributed by atoms with Crippen molar-refractivity contribution < 1.29 is 14.7 Å². The molecule has 2 rings (SSSR count). The monoisotopic (exact) mass is 282 g/mol. The number of carbonyl (C=O) groups is 2. The predicted molar refractivity (Wildman–Crippen MR) is 76.5 cm³/mol. The normalized spacial score (nSPS) is 29.8. The molecule has 2 aliphatic carbocycles. The summed E-state index contributed by atoms with van der Waals surface area (Å²) in [6, 6.07) is -0.335. The van der Waals surface area contributed by atoms with Gasteiger partial charge < -0.3 is 15.7 Å². The van der Waals surface area contributed by atoms with E-state index in [0.29, 0.717) is 25.3 Å². The van der Waals surface area contributed by atoms with Gasteiger partial charge in [0.15, 0.2) is 0 Å². The summed E-state index contributed by atoms with van der Waals surface area (Å²) >= 11 is 0. The number of hydrogen-bond acceptors (Lipinski definition) is 2. The van der Waals surface area contributed by atoms with Crippen LogP contribution in [-0.2, 0) is 4.79 Å². The van der Waals surface area contributed by atoms with E-state index in [-0.39, 0.29) is 6.03 Å². The third kappa shape index (κ3) is 4.12. The first-order valence-electron chi connectivity index (χ1n) is 7.81. The molecule has 2 aliphatic rings. The van der Waals surface area contributed by atoms with Crippen molar-refractivity contribution >= 4 is 12.0 Å². The lowest BCUT2D eigenvalue weighted by molar-refractivity contribution is -0.146. The van der Waals surface area contributed by atoms with Crippen LogP contribution in [0.4, 0.5) is 4.79 Å². The van der Waals surface area contributed by atoms with Crippen LogP contribution in [0.3, 0.4) is 0 Å². The number of nitrogens with one attached hydrogen (secondary N) is 2. The highest BCUT2D eigenvalue weighted by Gasteiger charge is 2.42. The SMILES string of the molecule is CC1CCC(NC(=O)NCCCC2CC2)(C(=O)O)CC1. The maximum Gasteiger partial charge on any atom is 0.329 e. The molecule has 0 unspecified atom stereocenters. The Balaban J connectivity index is 1.75. The summed E-state index contributed by atoms with van der Waals surface area (Å²) in [6.45, 7) is 2.76. The van der Waals surface area contributed by atoms with Gasteiger partial charge in [-0.1, -0.05) is 19.8 Å². The van der Waals surface area contributed by atoms with E-state index in [1.807, 2.05) is 0 Å². The third-order valence-electron chi connectivity index (χ3n) is 4.66. The van der Waals surface area contributed by atoms with Crippen molar-refractivity contribution in [1.29, 1.82) is 0 Å². The van der Waals surface area contributed by atoms with Crippen LogP contribution in [0.1, 0.15) is 58.3 Å². The molecule has 0 aliphatic heterocycles. The summed E-state index contributed by atoms with van der Waals surface area (Å²) in [5.74, 6) is 0.508. The van der Waals surface area contributed by atoms with Crippen molar-refractivity contribution in [1.82, 2.24) is 10.6 Å². The van der Waals surface area contributed by atoms with E-state index in [1.54, 1.807) is 0 Å². The van der Waals surface area contributed by atoms with Gasteiger partial charge in [0.1, 0.15) is 5.54 Å². The molecule has 2 saturated carbocycles. The Kier molecular flexibility index (Phi) is 4.89. The van der Waals surface area contributed by atoms with Crippen LogP contribution < -0.4 is 10.6 Å². The van der Waals surface area contributed by atoms with Gasteiger partial charge in [-0.05, 0) is 50.4 Å². The number of carboxylic acid groups (broad SMARTS) is 1. The molecule has 0 spiro atoms. The minimum absolute atomic E-state index is 0.335. The second-order valence-electron chi connectivity index (χ2n) is 6.54. The Morgan fingerprint density at radius 2 is 1.85 bits per heavy atom. The molecule has 3 N–H and O–H groups in total. The average Bonchev–Trinajstić information content (AvgIpc) is 3.21. The number of urea groups is 1. The van der Waals surface area contributed by atoms with E-state index in [9.17, 15) is 14.7 Å². The lowest BCUT2D eigenvalue weighted by atomic mass is 9.77. The predicted octanol–water partition coefficient (Wildman–Crippen LogP) is 2.51. The minimum Gasteiger partial charge on any atom is -0.480 e. The van der Waals surface area contributed by atoms with Crippen molar-refractivity contribution in [2.75, 3.05) is 6.54 Å². The van der Waals surface area contributed by atoms with Gasteiger partial charge in [0, 0.05) is 6.54 Å². The van der Waals surface area contributed by atoms with Gasteiger partial charge in [-0.15, -0.1) is 0 Å². The van der Waals surface area contributed by atoms with Crippen molar-refractivity contribution in [2.24, 2.45) is 11.8 Å². The van der Waals surface area contributed by atoms with E-state index >= 15 is 0 Å². The van der Waals surface area contributed by atoms with Crippen LogP contribution in [0.5, 0.6) is 0 Å². The zero-order chi connectivity index (χ0) is 14.6. The van der Waals surface area contributed by atoms with Crippen LogP contribution in [0.15, 0.2) is 0 Å². The zero-order valence-corrected chi connectivity index (χ0v) is 12.3. The number of carbonyl (C=O) groups excluding carboxylic acids is 1. The fraction of sp³-hybridized carbons (Fsp3) is 0.867. The summed E-state index contributed by atoms with van der Waals surface area (Å²) < 4.78 is 0. The first kappa shape index (κ1) is 15.1. The lowest BCUT2D eigenvalue weighted by Gasteiger charge is -2.36. The number of rotatable bonds is 6. The van der Waals surface area contributed by atoms with E-state index in [1.165, 1.54) is 19.3 Å². The van der Waals surface area contributed by atoms with E-state index in [2.05, 4.69) is 17.6 Å². The second-order valence-corrected chi connectivity index (χ2v) is 6.54. The van der Waals surface area contributed by atoms with E-state index in [4.69, 9.17) is 0 Å². The van der Waals surface area contributed by atoms with Gasteiger partial charge >= 0.3 is 12.0 Å². The van der Waals surface area contributed by atoms with Crippen molar-refractivity contribution in [3.8, 4) is 0 Å². The minimum atomic E-state index is -1.06. The highest BCUT2D eigenvalue weighted by atomic mass is 16.4. The molecular formula is C15H26N2O3. The molecular weight excluding hydrogens is 256 g/mol. The van der Waals surface area contributed by atoms with Crippen LogP contribution in [0, 0.1) is 11.8 Å². The lowest BCUT2D eigenvalue weighted by Crippen LogP contribution is -2.58. The Hall–Kier alpha value is -1.26. The zero-order valence-electron chi connectivity index (χ0n) is 12.3. The van der Waals surface area contributed by atoms with Gasteiger partial charge in [0.05, 0.1) is 0 Å². The molecule has 0 aromatic heterocycles. The van der Waals surface area contributed by atoms with E-state index < -0.39 is 11.5 Å².